The SMILES string of the molecule is C=CCCC(C=O)N(C=O)c1ccc(CCCCNC(=O)c2ccc(N(C)/C=C\C=C(/C=O)Nc3cc(NC)c4ncc(C(N)=O)n4n3)nc2)cc1N(C)C.CNC. The number of carbonyl (C=O) groups is 5. The van der Waals surface area contributed by atoms with Gasteiger partial charge in [-0.3, -0.25) is 19.2 Å². The fourth-order valence-electron chi connectivity index (χ4n) is 5.66. The molecule has 4 rings (SSSR count). The molecule has 3 heterocycles. The highest BCUT2D eigenvalue weighted by Crippen LogP contribution is 2.31. The summed E-state index contributed by atoms with van der Waals surface area (Å²) in [7, 11) is 11.0. The van der Waals surface area contributed by atoms with Crippen LogP contribution in [0.4, 0.5) is 28.7 Å². The second kappa shape index (κ2) is 23.2. The van der Waals surface area contributed by atoms with Gasteiger partial charge in [0.05, 0.1) is 40.6 Å². The maximum absolute atomic E-state index is 12.8. The number of rotatable bonds is 22. The van der Waals surface area contributed by atoms with E-state index in [9.17, 15) is 24.0 Å². The standard InChI is InChI=1S/C39H47N11O5.C2H7N/c1-6-7-13-30(25-52)49(26-53)32-16-14-27(20-33(32)47(3)4)11-8-9-18-42-39(55)28-15-17-36(43-22-28)48(5)19-10-12-29(24-51)45-35-21-31(41-2)38-44-23-34(37(40)54)50(38)46-35;1-3-2/h6,10,12,14-17,19-26,30,41H,1,7-9,11,13,18H2,2-5H3,(H2,40,54)(H,42,55)(H,45,46);3H,1-2H3/b19-10-,29-12+;. The molecule has 4 aromatic rings. The third-order valence-electron chi connectivity index (χ3n) is 8.62. The Morgan fingerprint density at radius 1 is 0.983 bits per heavy atom. The van der Waals surface area contributed by atoms with Crippen molar-refractivity contribution in [2.75, 3.05) is 74.2 Å². The van der Waals surface area contributed by atoms with E-state index in [1.54, 1.807) is 61.6 Å². The molecule has 0 spiro atoms. The first-order valence-electron chi connectivity index (χ1n) is 18.6. The number of aldehydes is 2. The number of amides is 3. The molecule has 0 bridgehead atoms. The molecule has 3 amide bonds. The van der Waals surface area contributed by atoms with E-state index in [4.69, 9.17) is 5.73 Å². The van der Waals surface area contributed by atoms with Crippen molar-refractivity contribution in [3.63, 3.8) is 0 Å². The quantitative estimate of drug-likeness (QED) is 0.0254. The Hall–Kier alpha value is -6.88. The normalized spacial score (nSPS) is 11.5. The number of fused-ring (bicyclic) bond motifs is 1. The number of hydrogen-bond donors (Lipinski definition) is 5. The van der Waals surface area contributed by atoms with Gasteiger partial charge in [0.2, 0.25) is 6.41 Å². The lowest BCUT2D eigenvalue weighted by molar-refractivity contribution is -0.113. The van der Waals surface area contributed by atoms with Gasteiger partial charge in [0.25, 0.3) is 11.8 Å². The Labute approximate surface area is 339 Å². The van der Waals surface area contributed by atoms with Crippen LogP contribution in [-0.2, 0) is 20.8 Å². The molecule has 1 unspecified atom stereocenters. The van der Waals surface area contributed by atoms with E-state index in [1.807, 2.05) is 51.3 Å². The summed E-state index contributed by atoms with van der Waals surface area (Å²) in [4.78, 5) is 73.9. The number of benzene rings is 1. The molecule has 0 aliphatic heterocycles. The topological polar surface area (TPSA) is 212 Å². The van der Waals surface area contributed by atoms with Crippen LogP contribution in [0.15, 0.2) is 85.5 Å². The number of nitrogens with zero attached hydrogens (tertiary/aromatic N) is 7. The number of nitrogens with one attached hydrogen (secondary N) is 4. The van der Waals surface area contributed by atoms with Crippen LogP contribution in [0.1, 0.15) is 52.1 Å². The second-order valence-corrected chi connectivity index (χ2v) is 13.2. The molecule has 17 heteroatoms. The third kappa shape index (κ3) is 12.6. The average molecular weight is 795 g/mol. The van der Waals surface area contributed by atoms with Gasteiger partial charge in [0, 0.05) is 53.2 Å². The lowest BCUT2D eigenvalue weighted by Gasteiger charge is -2.29. The lowest BCUT2D eigenvalue weighted by Crippen LogP contribution is -2.36. The maximum atomic E-state index is 12.8. The first kappa shape index (κ1) is 45.5. The molecule has 0 saturated heterocycles. The van der Waals surface area contributed by atoms with Crippen molar-refractivity contribution in [2.24, 2.45) is 5.73 Å². The number of aryl methyl sites for hydroxylation is 1. The summed E-state index contributed by atoms with van der Waals surface area (Å²) in [6.45, 7) is 4.19. The molecule has 3 aromatic heterocycles. The van der Waals surface area contributed by atoms with Crippen molar-refractivity contribution in [2.45, 2.75) is 38.1 Å². The number of nitrogens with two attached hydrogens (primary N) is 1. The molecule has 0 radical (unpaired) electrons. The van der Waals surface area contributed by atoms with Crippen LogP contribution in [0.5, 0.6) is 0 Å². The summed E-state index contributed by atoms with van der Waals surface area (Å²) in [5, 5.41) is 15.9. The minimum absolute atomic E-state index is 0.0924. The zero-order valence-electron chi connectivity index (χ0n) is 33.9. The molecule has 6 N–H and O–H groups in total. The van der Waals surface area contributed by atoms with Crippen LogP contribution >= 0.6 is 0 Å². The molecular weight excluding hydrogens is 741 g/mol. The van der Waals surface area contributed by atoms with Gasteiger partial charge in [0.1, 0.15) is 17.8 Å². The molecule has 0 saturated carbocycles. The Morgan fingerprint density at radius 2 is 1.74 bits per heavy atom. The van der Waals surface area contributed by atoms with Gasteiger partial charge < -0.3 is 46.5 Å². The average Bonchev–Trinajstić information content (AvgIpc) is 3.66. The van der Waals surface area contributed by atoms with Crippen molar-refractivity contribution < 1.29 is 24.0 Å². The predicted molar refractivity (Wildman–Crippen MR) is 229 cm³/mol. The fourth-order valence-corrected chi connectivity index (χ4v) is 5.66. The molecule has 0 aliphatic carbocycles. The Kier molecular flexibility index (Phi) is 18.2. The molecule has 58 heavy (non-hydrogen) atoms. The number of carbonyl (C=O) groups excluding carboxylic acids is 5. The van der Waals surface area contributed by atoms with Crippen molar-refractivity contribution in [3.05, 3.63) is 102 Å². The van der Waals surface area contributed by atoms with Crippen LogP contribution in [0, 0.1) is 0 Å². The summed E-state index contributed by atoms with van der Waals surface area (Å²) in [6.07, 6.45) is 15.0. The summed E-state index contributed by atoms with van der Waals surface area (Å²) in [6, 6.07) is 10.3. The van der Waals surface area contributed by atoms with Gasteiger partial charge in [-0.05, 0) is 88.2 Å². The third-order valence-corrected chi connectivity index (χ3v) is 8.62. The Morgan fingerprint density at radius 3 is 2.34 bits per heavy atom. The highest BCUT2D eigenvalue weighted by molar-refractivity contribution is 5.94. The van der Waals surface area contributed by atoms with Crippen molar-refractivity contribution in [3.8, 4) is 0 Å². The van der Waals surface area contributed by atoms with Crippen LogP contribution in [-0.4, -0.2) is 105 Å². The molecule has 308 valence electrons. The van der Waals surface area contributed by atoms with E-state index < -0.39 is 11.9 Å². The van der Waals surface area contributed by atoms with Crippen molar-refractivity contribution in [1.29, 1.82) is 0 Å². The number of pyridine rings is 1. The summed E-state index contributed by atoms with van der Waals surface area (Å²) in [5.74, 6) is -0.0696. The number of allylic oxidation sites excluding steroid dienone is 4. The molecule has 1 atom stereocenters. The monoisotopic (exact) mass is 794 g/mol. The smallest absolute Gasteiger partial charge is 0.269 e. The summed E-state index contributed by atoms with van der Waals surface area (Å²) >= 11 is 0. The fraction of sp³-hybridized carbons (Fsp3) is 0.317. The van der Waals surface area contributed by atoms with Crippen LogP contribution in [0.25, 0.3) is 5.65 Å². The molecular formula is C41H54N12O5. The second-order valence-electron chi connectivity index (χ2n) is 13.2. The van der Waals surface area contributed by atoms with Crippen LogP contribution in [0.3, 0.4) is 0 Å². The zero-order chi connectivity index (χ0) is 42.6. The highest BCUT2D eigenvalue weighted by Gasteiger charge is 2.21. The number of anilines is 5. The van der Waals surface area contributed by atoms with Gasteiger partial charge >= 0.3 is 0 Å². The minimum atomic E-state index is -0.693. The number of primary amides is 1. The van der Waals surface area contributed by atoms with E-state index in [0.717, 1.165) is 36.8 Å². The first-order valence-corrected chi connectivity index (χ1v) is 18.6. The van der Waals surface area contributed by atoms with E-state index in [2.05, 4.69) is 42.9 Å². The Balaban J connectivity index is 0.00000291. The van der Waals surface area contributed by atoms with E-state index >= 15 is 0 Å². The minimum Gasteiger partial charge on any atom is -0.385 e. The number of aromatic nitrogens is 4. The summed E-state index contributed by atoms with van der Waals surface area (Å²) < 4.78 is 1.30. The van der Waals surface area contributed by atoms with Crippen LogP contribution < -0.4 is 41.7 Å². The van der Waals surface area contributed by atoms with E-state index in [0.29, 0.717) is 60.5 Å². The number of imidazole rings is 1. The largest absolute Gasteiger partial charge is 0.385 e. The van der Waals surface area contributed by atoms with Crippen molar-refractivity contribution in [1.82, 2.24) is 30.2 Å². The van der Waals surface area contributed by atoms with Gasteiger partial charge in [0.15, 0.2) is 17.8 Å². The first-order chi connectivity index (χ1) is 28.0. The maximum Gasteiger partial charge on any atom is 0.269 e. The van der Waals surface area contributed by atoms with E-state index in [1.165, 1.54) is 21.8 Å². The van der Waals surface area contributed by atoms with Crippen LogP contribution in [0.2, 0.25) is 0 Å². The highest BCUT2D eigenvalue weighted by atomic mass is 16.2. The molecule has 1 aromatic carbocycles. The molecule has 0 fully saturated rings. The zero-order valence-corrected chi connectivity index (χ0v) is 33.9. The van der Waals surface area contributed by atoms with Gasteiger partial charge in [-0.25, -0.2) is 14.5 Å². The van der Waals surface area contributed by atoms with E-state index in [-0.39, 0.29) is 23.1 Å². The van der Waals surface area contributed by atoms with Gasteiger partial charge in [-0.1, -0.05) is 12.1 Å². The van der Waals surface area contributed by atoms with Gasteiger partial charge in [-0.2, -0.15) is 0 Å². The van der Waals surface area contributed by atoms with Crippen molar-refractivity contribution >= 4 is 65.1 Å². The molecule has 17 nitrogen and oxygen atoms in total. The number of unbranched alkanes of at least 4 members (excludes halogenated alkanes) is 1. The Bertz CT molecular complexity index is 2080. The molecule has 0 aliphatic rings. The summed E-state index contributed by atoms with van der Waals surface area (Å²) in [5.41, 5.74) is 9.71. The van der Waals surface area contributed by atoms with Gasteiger partial charge in [-0.15, -0.1) is 11.7 Å². The number of hydrogen-bond acceptors (Lipinski definition) is 13. The lowest BCUT2D eigenvalue weighted by atomic mass is 10.0. The predicted octanol–water partition coefficient (Wildman–Crippen LogP) is 3.56.